The lowest BCUT2D eigenvalue weighted by Crippen LogP contribution is -2.26. The maximum atomic E-state index is 10.7. The monoisotopic (exact) mass is 228 g/mol. The van der Waals surface area contributed by atoms with Gasteiger partial charge < -0.3 is 9.29 Å². The molecule has 15 heavy (non-hydrogen) atoms. The lowest BCUT2D eigenvalue weighted by atomic mass is 10.1. The SMILES string of the molecule is CCC(C)(C)Oc1ccc(S(=O)O)cc1. The van der Waals surface area contributed by atoms with Gasteiger partial charge in [-0.25, -0.2) is 4.21 Å². The molecule has 0 amide bonds. The highest BCUT2D eigenvalue weighted by molar-refractivity contribution is 7.79. The summed E-state index contributed by atoms with van der Waals surface area (Å²) in [7, 11) is 0. The number of benzene rings is 1. The smallest absolute Gasteiger partial charge is 0.186 e. The first-order valence-electron chi connectivity index (χ1n) is 4.84. The Morgan fingerprint density at radius 1 is 1.33 bits per heavy atom. The molecule has 0 aliphatic heterocycles. The Balaban J connectivity index is 2.77. The molecule has 1 N–H and O–H groups in total. The molecule has 0 saturated carbocycles. The number of hydrogen-bond acceptors (Lipinski definition) is 2. The van der Waals surface area contributed by atoms with E-state index in [0.717, 1.165) is 12.2 Å². The quantitative estimate of drug-likeness (QED) is 0.806. The van der Waals surface area contributed by atoms with Gasteiger partial charge in [0.05, 0.1) is 4.90 Å². The second-order valence-corrected chi connectivity index (χ2v) is 4.91. The Morgan fingerprint density at radius 3 is 2.27 bits per heavy atom. The fourth-order valence-corrected chi connectivity index (χ4v) is 1.38. The maximum Gasteiger partial charge on any atom is 0.186 e. The Labute approximate surface area is 92.7 Å². The molecule has 1 unspecified atom stereocenters. The zero-order chi connectivity index (χ0) is 11.5. The van der Waals surface area contributed by atoms with E-state index in [-0.39, 0.29) is 5.60 Å². The van der Waals surface area contributed by atoms with Crippen molar-refractivity contribution < 1.29 is 13.5 Å². The van der Waals surface area contributed by atoms with Crippen LogP contribution in [0.25, 0.3) is 0 Å². The van der Waals surface area contributed by atoms with Crippen molar-refractivity contribution in [3.63, 3.8) is 0 Å². The molecule has 1 aromatic rings. The summed E-state index contributed by atoms with van der Waals surface area (Å²) in [5, 5.41) is 0. The first-order chi connectivity index (χ1) is 6.94. The van der Waals surface area contributed by atoms with Crippen molar-refractivity contribution >= 4 is 11.1 Å². The van der Waals surface area contributed by atoms with Crippen LogP contribution in [0.2, 0.25) is 0 Å². The Kier molecular flexibility index (Phi) is 3.88. The summed E-state index contributed by atoms with van der Waals surface area (Å²) in [5.41, 5.74) is -0.208. The maximum absolute atomic E-state index is 10.7. The minimum absolute atomic E-state index is 0.208. The van der Waals surface area contributed by atoms with Crippen molar-refractivity contribution in [3.05, 3.63) is 24.3 Å². The van der Waals surface area contributed by atoms with Crippen molar-refractivity contribution in [3.8, 4) is 5.75 Å². The summed E-state index contributed by atoms with van der Waals surface area (Å²) in [6.45, 7) is 6.06. The fraction of sp³-hybridized carbons (Fsp3) is 0.455. The molecule has 0 aliphatic carbocycles. The summed E-state index contributed by atoms with van der Waals surface area (Å²) in [6, 6.07) is 6.61. The number of hydrogen-bond donors (Lipinski definition) is 1. The second kappa shape index (κ2) is 4.77. The third-order valence-corrected chi connectivity index (χ3v) is 2.95. The molecule has 3 nitrogen and oxygen atoms in total. The molecular formula is C11H16O3S. The molecule has 0 bridgehead atoms. The predicted octanol–water partition coefficient (Wildman–Crippen LogP) is 2.83. The summed E-state index contributed by atoms with van der Waals surface area (Å²) >= 11 is -1.92. The van der Waals surface area contributed by atoms with Gasteiger partial charge in [-0.15, -0.1) is 0 Å². The molecule has 84 valence electrons. The van der Waals surface area contributed by atoms with Crippen LogP contribution in [0.3, 0.4) is 0 Å². The van der Waals surface area contributed by atoms with Crippen molar-refractivity contribution in [1.82, 2.24) is 0 Å². The van der Waals surface area contributed by atoms with Gasteiger partial charge >= 0.3 is 0 Å². The van der Waals surface area contributed by atoms with Gasteiger partial charge in [0.1, 0.15) is 11.4 Å². The lowest BCUT2D eigenvalue weighted by molar-refractivity contribution is 0.105. The highest BCUT2D eigenvalue weighted by Gasteiger charge is 2.16. The van der Waals surface area contributed by atoms with Gasteiger partial charge in [-0.3, -0.25) is 0 Å². The minimum Gasteiger partial charge on any atom is -0.488 e. The third-order valence-electron chi connectivity index (χ3n) is 2.27. The topological polar surface area (TPSA) is 46.5 Å². The van der Waals surface area contributed by atoms with Crippen molar-refractivity contribution in [2.45, 2.75) is 37.7 Å². The first-order valence-corrected chi connectivity index (χ1v) is 5.95. The molecule has 1 rings (SSSR count). The van der Waals surface area contributed by atoms with Gasteiger partial charge in [0, 0.05) is 0 Å². The largest absolute Gasteiger partial charge is 0.488 e. The molecule has 0 heterocycles. The van der Waals surface area contributed by atoms with Crippen LogP contribution in [0.1, 0.15) is 27.2 Å². The minimum atomic E-state index is -1.92. The highest BCUT2D eigenvalue weighted by atomic mass is 32.2. The van der Waals surface area contributed by atoms with Gasteiger partial charge in [-0.05, 0) is 44.5 Å². The van der Waals surface area contributed by atoms with E-state index in [0.29, 0.717) is 4.90 Å². The summed E-state index contributed by atoms with van der Waals surface area (Å²) in [6.07, 6.45) is 0.903. The van der Waals surface area contributed by atoms with E-state index >= 15 is 0 Å². The third kappa shape index (κ3) is 3.64. The fourth-order valence-electron chi connectivity index (χ4n) is 1.02. The summed E-state index contributed by atoms with van der Waals surface area (Å²) in [5.74, 6) is 0.719. The van der Waals surface area contributed by atoms with Crippen LogP contribution in [0.15, 0.2) is 29.2 Å². The van der Waals surface area contributed by atoms with E-state index in [9.17, 15) is 4.21 Å². The lowest BCUT2D eigenvalue weighted by Gasteiger charge is -2.24. The molecule has 0 radical (unpaired) electrons. The van der Waals surface area contributed by atoms with Crippen LogP contribution >= 0.6 is 0 Å². The average molecular weight is 228 g/mol. The van der Waals surface area contributed by atoms with Gasteiger partial charge in [0.15, 0.2) is 11.1 Å². The molecule has 1 aromatic carbocycles. The zero-order valence-electron chi connectivity index (χ0n) is 9.19. The normalized spacial score (nSPS) is 13.6. The van der Waals surface area contributed by atoms with Gasteiger partial charge in [0.25, 0.3) is 0 Å². The molecule has 0 aliphatic rings. The van der Waals surface area contributed by atoms with E-state index in [4.69, 9.17) is 9.29 Å². The Hall–Kier alpha value is -0.870. The van der Waals surface area contributed by atoms with E-state index in [1.54, 1.807) is 24.3 Å². The van der Waals surface area contributed by atoms with Gasteiger partial charge in [-0.2, -0.15) is 0 Å². The van der Waals surface area contributed by atoms with Gasteiger partial charge in [-0.1, -0.05) is 6.92 Å². The molecule has 0 aromatic heterocycles. The zero-order valence-corrected chi connectivity index (χ0v) is 10.0. The van der Waals surface area contributed by atoms with Crippen LogP contribution in [-0.4, -0.2) is 14.4 Å². The second-order valence-electron chi connectivity index (χ2n) is 3.94. The van der Waals surface area contributed by atoms with E-state index in [2.05, 4.69) is 6.92 Å². The Morgan fingerprint density at radius 2 is 1.87 bits per heavy atom. The van der Waals surface area contributed by atoms with E-state index < -0.39 is 11.1 Å². The predicted molar refractivity (Wildman–Crippen MR) is 60.5 cm³/mol. The van der Waals surface area contributed by atoms with Crippen molar-refractivity contribution in [2.24, 2.45) is 0 Å². The molecular weight excluding hydrogens is 212 g/mol. The van der Waals surface area contributed by atoms with E-state index in [1.807, 2.05) is 13.8 Å². The number of ether oxygens (including phenoxy) is 1. The van der Waals surface area contributed by atoms with Crippen LogP contribution in [0.4, 0.5) is 0 Å². The van der Waals surface area contributed by atoms with Gasteiger partial charge in [0.2, 0.25) is 0 Å². The van der Waals surface area contributed by atoms with Crippen molar-refractivity contribution in [2.75, 3.05) is 0 Å². The molecule has 0 spiro atoms. The summed E-state index contributed by atoms with van der Waals surface area (Å²) < 4.78 is 25.3. The highest BCUT2D eigenvalue weighted by Crippen LogP contribution is 2.21. The van der Waals surface area contributed by atoms with Crippen LogP contribution < -0.4 is 4.74 Å². The Bertz CT molecular complexity index is 343. The molecule has 1 atom stereocenters. The number of rotatable bonds is 4. The molecule has 0 fully saturated rings. The standard InChI is InChI=1S/C11H16O3S/c1-4-11(2,3)14-9-5-7-10(8-6-9)15(12)13/h5-8H,4H2,1-3H3,(H,12,13). The first kappa shape index (κ1) is 12.2. The average Bonchev–Trinajstić information content (AvgIpc) is 2.18. The molecule has 0 saturated heterocycles. The van der Waals surface area contributed by atoms with Crippen LogP contribution in [0.5, 0.6) is 5.75 Å². The van der Waals surface area contributed by atoms with Crippen LogP contribution in [0, 0.1) is 0 Å². The molecule has 4 heteroatoms. The summed E-state index contributed by atoms with van der Waals surface area (Å²) in [4.78, 5) is 0.386. The van der Waals surface area contributed by atoms with Crippen LogP contribution in [-0.2, 0) is 11.1 Å². The van der Waals surface area contributed by atoms with Crippen molar-refractivity contribution in [1.29, 1.82) is 0 Å². The van der Waals surface area contributed by atoms with E-state index in [1.165, 1.54) is 0 Å².